The Morgan fingerprint density at radius 3 is 2.77 bits per heavy atom. The van der Waals surface area contributed by atoms with Gasteiger partial charge in [-0.2, -0.15) is 0 Å². The second kappa shape index (κ2) is 5.31. The maximum atomic E-state index is 5.43. The summed E-state index contributed by atoms with van der Waals surface area (Å²) in [6.07, 6.45) is 3.13. The molecule has 5 nitrogen and oxygen atoms in total. The minimum Gasteiger partial charge on any atom is -0.396 e. The van der Waals surface area contributed by atoms with E-state index >= 15 is 0 Å². The molecule has 0 fully saturated rings. The molecule has 0 aliphatic heterocycles. The summed E-state index contributed by atoms with van der Waals surface area (Å²) in [5.74, 6) is 0.578. The zero-order valence-corrected chi connectivity index (χ0v) is 7.66. The fourth-order valence-electron chi connectivity index (χ4n) is 0.809. The molecule has 0 aliphatic carbocycles. The molecule has 0 saturated heterocycles. The Morgan fingerprint density at radius 1 is 1.46 bits per heavy atom. The molecule has 1 aromatic heterocycles. The van der Waals surface area contributed by atoms with E-state index in [2.05, 4.69) is 15.3 Å². The monoisotopic (exact) mass is 182 g/mol. The summed E-state index contributed by atoms with van der Waals surface area (Å²) in [7, 11) is 0. The van der Waals surface area contributed by atoms with Gasteiger partial charge in [0.05, 0.1) is 24.7 Å². The number of aromatic nitrogens is 2. The van der Waals surface area contributed by atoms with Crippen LogP contribution >= 0.6 is 0 Å². The van der Waals surface area contributed by atoms with E-state index in [1.54, 1.807) is 12.4 Å². The second-order valence-corrected chi connectivity index (χ2v) is 2.46. The van der Waals surface area contributed by atoms with Crippen LogP contribution in [0.1, 0.15) is 6.92 Å². The summed E-state index contributed by atoms with van der Waals surface area (Å²) < 4.78 is 5.14. The van der Waals surface area contributed by atoms with Gasteiger partial charge in [-0.3, -0.25) is 0 Å². The number of hydrogen-bond acceptors (Lipinski definition) is 5. The third-order valence-electron chi connectivity index (χ3n) is 1.41. The number of nitrogen functional groups attached to an aromatic ring is 1. The molecule has 0 aromatic carbocycles. The van der Waals surface area contributed by atoms with Crippen molar-refractivity contribution >= 4 is 11.6 Å². The first-order valence-electron chi connectivity index (χ1n) is 4.22. The zero-order valence-electron chi connectivity index (χ0n) is 7.66. The van der Waals surface area contributed by atoms with Gasteiger partial charge in [0.1, 0.15) is 0 Å². The summed E-state index contributed by atoms with van der Waals surface area (Å²) in [6.45, 7) is 4.05. The molecule has 3 N–H and O–H groups in total. The number of anilines is 2. The number of nitrogens with two attached hydrogens (primary N) is 1. The Kier molecular flexibility index (Phi) is 3.98. The van der Waals surface area contributed by atoms with Crippen LogP contribution < -0.4 is 11.1 Å². The summed E-state index contributed by atoms with van der Waals surface area (Å²) in [6, 6.07) is 0. The largest absolute Gasteiger partial charge is 0.396 e. The van der Waals surface area contributed by atoms with Crippen molar-refractivity contribution in [2.75, 3.05) is 30.8 Å². The molecule has 0 bridgehead atoms. The fraction of sp³-hybridized carbons (Fsp3) is 0.500. The van der Waals surface area contributed by atoms with Crippen LogP contribution in [0.15, 0.2) is 12.4 Å². The van der Waals surface area contributed by atoms with Crippen LogP contribution in [-0.2, 0) is 4.74 Å². The standard InChI is InChI=1S/C8H14N4O/c1-2-13-4-3-10-8-11-5-7(9)6-12-8/h5-6H,2-4,9H2,1H3,(H,10,11,12). The Balaban J connectivity index is 2.25. The van der Waals surface area contributed by atoms with Crippen molar-refractivity contribution in [1.82, 2.24) is 9.97 Å². The van der Waals surface area contributed by atoms with E-state index in [9.17, 15) is 0 Å². The van der Waals surface area contributed by atoms with E-state index in [1.165, 1.54) is 0 Å². The van der Waals surface area contributed by atoms with Crippen LogP contribution in [0, 0.1) is 0 Å². The van der Waals surface area contributed by atoms with Crippen molar-refractivity contribution in [3.63, 3.8) is 0 Å². The topological polar surface area (TPSA) is 73.1 Å². The highest BCUT2D eigenvalue weighted by Gasteiger charge is 1.93. The molecule has 0 unspecified atom stereocenters. The molecular weight excluding hydrogens is 168 g/mol. The van der Waals surface area contributed by atoms with Gasteiger partial charge in [0, 0.05) is 13.2 Å². The van der Waals surface area contributed by atoms with E-state index in [1.807, 2.05) is 6.92 Å². The van der Waals surface area contributed by atoms with Gasteiger partial charge in [-0.15, -0.1) is 0 Å². The quantitative estimate of drug-likeness (QED) is 0.649. The van der Waals surface area contributed by atoms with Gasteiger partial charge in [0.25, 0.3) is 0 Å². The lowest BCUT2D eigenvalue weighted by atomic mass is 10.5. The summed E-state index contributed by atoms with van der Waals surface area (Å²) in [5, 5.41) is 3.00. The van der Waals surface area contributed by atoms with E-state index in [0.29, 0.717) is 24.8 Å². The predicted octanol–water partition coefficient (Wildman–Crippen LogP) is 0.507. The first-order chi connectivity index (χ1) is 6.33. The Labute approximate surface area is 77.3 Å². The zero-order chi connectivity index (χ0) is 9.52. The number of hydrogen-bond donors (Lipinski definition) is 2. The van der Waals surface area contributed by atoms with Crippen molar-refractivity contribution in [1.29, 1.82) is 0 Å². The molecule has 1 aromatic rings. The van der Waals surface area contributed by atoms with Crippen LogP contribution in [-0.4, -0.2) is 29.7 Å². The second-order valence-electron chi connectivity index (χ2n) is 2.46. The van der Waals surface area contributed by atoms with Crippen molar-refractivity contribution in [3.8, 4) is 0 Å². The van der Waals surface area contributed by atoms with Crippen molar-refractivity contribution < 1.29 is 4.74 Å². The molecule has 72 valence electrons. The molecule has 0 aliphatic rings. The van der Waals surface area contributed by atoms with Gasteiger partial charge in [-0.05, 0) is 6.92 Å². The highest BCUT2D eigenvalue weighted by atomic mass is 16.5. The first kappa shape index (κ1) is 9.73. The Morgan fingerprint density at radius 2 is 2.15 bits per heavy atom. The van der Waals surface area contributed by atoms with Gasteiger partial charge >= 0.3 is 0 Å². The molecule has 0 radical (unpaired) electrons. The van der Waals surface area contributed by atoms with Gasteiger partial charge < -0.3 is 15.8 Å². The first-order valence-corrected chi connectivity index (χ1v) is 4.22. The van der Waals surface area contributed by atoms with Crippen molar-refractivity contribution in [2.24, 2.45) is 0 Å². The summed E-state index contributed by atoms with van der Waals surface area (Å²) >= 11 is 0. The Hall–Kier alpha value is -1.36. The predicted molar refractivity (Wildman–Crippen MR) is 51.4 cm³/mol. The third-order valence-corrected chi connectivity index (χ3v) is 1.41. The smallest absolute Gasteiger partial charge is 0.222 e. The van der Waals surface area contributed by atoms with Crippen LogP contribution in [0.5, 0.6) is 0 Å². The Bertz CT molecular complexity index is 236. The van der Waals surface area contributed by atoms with Gasteiger partial charge in [-0.25, -0.2) is 9.97 Å². The average molecular weight is 182 g/mol. The SMILES string of the molecule is CCOCCNc1ncc(N)cn1. The van der Waals surface area contributed by atoms with E-state index in [0.717, 1.165) is 6.61 Å². The number of ether oxygens (including phenoxy) is 1. The average Bonchev–Trinajstić information content (AvgIpc) is 2.15. The minimum absolute atomic E-state index is 0.565. The molecule has 0 spiro atoms. The number of nitrogens with zero attached hydrogens (tertiary/aromatic N) is 2. The van der Waals surface area contributed by atoms with Crippen molar-refractivity contribution in [2.45, 2.75) is 6.92 Å². The lowest BCUT2D eigenvalue weighted by Gasteiger charge is -2.03. The van der Waals surface area contributed by atoms with Crippen LogP contribution in [0.2, 0.25) is 0 Å². The molecule has 0 saturated carbocycles. The molecule has 0 amide bonds. The van der Waals surface area contributed by atoms with Gasteiger partial charge in [0.2, 0.25) is 5.95 Å². The molecule has 5 heteroatoms. The minimum atomic E-state index is 0.565. The fourth-order valence-corrected chi connectivity index (χ4v) is 0.809. The maximum absolute atomic E-state index is 5.43. The van der Waals surface area contributed by atoms with Crippen LogP contribution in [0.25, 0.3) is 0 Å². The molecule has 0 atom stereocenters. The van der Waals surface area contributed by atoms with Gasteiger partial charge in [-0.1, -0.05) is 0 Å². The van der Waals surface area contributed by atoms with E-state index in [-0.39, 0.29) is 0 Å². The number of nitrogens with one attached hydrogen (secondary N) is 1. The molecule has 1 rings (SSSR count). The third kappa shape index (κ3) is 3.71. The van der Waals surface area contributed by atoms with Gasteiger partial charge in [0.15, 0.2) is 0 Å². The maximum Gasteiger partial charge on any atom is 0.222 e. The van der Waals surface area contributed by atoms with Crippen molar-refractivity contribution in [3.05, 3.63) is 12.4 Å². The lowest BCUT2D eigenvalue weighted by Crippen LogP contribution is -2.11. The summed E-state index contributed by atoms with van der Waals surface area (Å²) in [5.41, 5.74) is 5.99. The van der Waals surface area contributed by atoms with E-state index < -0.39 is 0 Å². The highest BCUT2D eigenvalue weighted by molar-refractivity contribution is 5.35. The summed E-state index contributed by atoms with van der Waals surface area (Å²) in [4.78, 5) is 7.95. The normalized spacial score (nSPS) is 9.92. The molecule has 1 heterocycles. The van der Waals surface area contributed by atoms with Crippen LogP contribution in [0.4, 0.5) is 11.6 Å². The highest BCUT2D eigenvalue weighted by Crippen LogP contribution is 1.99. The van der Waals surface area contributed by atoms with E-state index in [4.69, 9.17) is 10.5 Å². The molecule has 13 heavy (non-hydrogen) atoms. The van der Waals surface area contributed by atoms with Crippen LogP contribution in [0.3, 0.4) is 0 Å². The number of rotatable bonds is 5. The molecular formula is C8H14N4O. The lowest BCUT2D eigenvalue weighted by molar-refractivity contribution is 0.158.